The van der Waals surface area contributed by atoms with Crippen molar-refractivity contribution in [3.63, 3.8) is 0 Å². The van der Waals surface area contributed by atoms with Gasteiger partial charge in [0.15, 0.2) is 0 Å². The van der Waals surface area contributed by atoms with E-state index in [-0.39, 0.29) is 5.97 Å². The molecule has 0 radical (unpaired) electrons. The van der Waals surface area contributed by atoms with Crippen LogP contribution in [0.2, 0.25) is 0 Å². The number of carbonyl (C=O) groups excluding carboxylic acids is 1. The van der Waals surface area contributed by atoms with Gasteiger partial charge in [0.1, 0.15) is 0 Å². The third-order valence-corrected chi connectivity index (χ3v) is 3.15. The average molecular weight is 285 g/mol. The van der Waals surface area contributed by atoms with E-state index >= 15 is 0 Å². The van der Waals surface area contributed by atoms with Gasteiger partial charge in [-0.1, -0.05) is 12.1 Å². The molecule has 0 saturated carbocycles. The molecule has 1 aromatic carbocycles. The molecule has 2 rings (SSSR count). The van der Waals surface area contributed by atoms with Crippen LogP contribution in [0.15, 0.2) is 48.8 Å². The zero-order valence-corrected chi connectivity index (χ0v) is 12.1. The summed E-state index contributed by atoms with van der Waals surface area (Å²) in [6, 6.07) is 11.3. The molecule has 110 valence electrons. The number of esters is 1. The number of carbonyl (C=O) groups is 1. The number of aromatic nitrogens is 1. The summed E-state index contributed by atoms with van der Waals surface area (Å²) >= 11 is 0. The molecule has 4 nitrogen and oxygen atoms in total. The Morgan fingerprint density at radius 2 is 1.76 bits per heavy atom. The minimum atomic E-state index is -0.320. The van der Waals surface area contributed by atoms with Gasteiger partial charge in [-0.05, 0) is 48.2 Å². The van der Waals surface area contributed by atoms with Crippen molar-refractivity contribution in [3.05, 3.63) is 65.5 Å². The van der Waals surface area contributed by atoms with Gasteiger partial charge in [-0.15, -0.1) is 0 Å². The standard InChI is InChI=1S/C17H19NO3/c1-20-17(19)16-6-4-15(5-7-16)13-21-12-2-3-14-8-10-18-11-9-14/h4-11H,2-3,12-13H2,1H3. The number of benzene rings is 1. The van der Waals surface area contributed by atoms with E-state index in [0.29, 0.717) is 18.8 Å². The van der Waals surface area contributed by atoms with Crippen molar-refractivity contribution in [1.29, 1.82) is 0 Å². The summed E-state index contributed by atoms with van der Waals surface area (Å²) in [5, 5.41) is 0. The van der Waals surface area contributed by atoms with Crippen molar-refractivity contribution in [2.45, 2.75) is 19.4 Å². The third-order valence-electron chi connectivity index (χ3n) is 3.15. The van der Waals surface area contributed by atoms with Crippen molar-refractivity contribution in [2.24, 2.45) is 0 Å². The van der Waals surface area contributed by atoms with Gasteiger partial charge in [0, 0.05) is 19.0 Å². The third kappa shape index (κ3) is 5.00. The summed E-state index contributed by atoms with van der Waals surface area (Å²) in [5.41, 5.74) is 2.88. The average Bonchev–Trinajstić information content (AvgIpc) is 2.55. The molecular weight excluding hydrogens is 266 g/mol. The fraction of sp³-hybridized carbons (Fsp3) is 0.294. The fourth-order valence-electron chi connectivity index (χ4n) is 1.97. The van der Waals surface area contributed by atoms with Gasteiger partial charge in [-0.25, -0.2) is 4.79 Å². The van der Waals surface area contributed by atoms with Crippen molar-refractivity contribution >= 4 is 5.97 Å². The predicted molar refractivity (Wildman–Crippen MR) is 80.0 cm³/mol. The summed E-state index contributed by atoms with van der Waals surface area (Å²) in [7, 11) is 1.38. The smallest absolute Gasteiger partial charge is 0.337 e. The minimum Gasteiger partial charge on any atom is -0.465 e. The predicted octanol–water partition coefficient (Wildman–Crippen LogP) is 3.02. The van der Waals surface area contributed by atoms with E-state index in [9.17, 15) is 4.79 Å². The summed E-state index contributed by atoms with van der Waals surface area (Å²) in [6.07, 6.45) is 5.58. The van der Waals surface area contributed by atoms with E-state index in [1.165, 1.54) is 12.7 Å². The SMILES string of the molecule is COC(=O)c1ccc(COCCCc2ccncc2)cc1. The second-order valence-corrected chi connectivity index (χ2v) is 4.70. The van der Waals surface area contributed by atoms with Crippen LogP contribution in [-0.4, -0.2) is 24.7 Å². The van der Waals surface area contributed by atoms with Gasteiger partial charge < -0.3 is 9.47 Å². The Morgan fingerprint density at radius 3 is 2.43 bits per heavy atom. The summed E-state index contributed by atoms with van der Waals surface area (Å²) in [4.78, 5) is 15.3. The second kappa shape index (κ2) is 8.17. The molecule has 21 heavy (non-hydrogen) atoms. The monoisotopic (exact) mass is 285 g/mol. The maximum absolute atomic E-state index is 11.3. The molecule has 0 N–H and O–H groups in total. The van der Waals surface area contributed by atoms with Crippen LogP contribution >= 0.6 is 0 Å². The van der Waals surface area contributed by atoms with E-state index in [0.717, 1.165) is 18.4 Å². The Balaban J connectivity index is 1.68. The molecule has 0 aliphatic heterocycles. The molecule has 0 atom stereocenters. The molecule has 0 bridgehead atoms. The van der Waals surface area contributed by atoms with Crippen LogP contribution in [0, 0.1) is 0 Å². The van der Waals surface area contributed by atoms with Crippen LogP contribution in [0.3, 0.4) is 0 Å². The van der Waals surface area contributed by atoms with Crippen LogP contribution in [0.25, 0.3) is 0 Å². The summed E-state index contributed by atoms with van der Waals surface area (Å²) in [5.74, 6) is -0.320. The lowest BCUT2D eigenvalue weighted by molar-refractivity contribution is 0.0600. The molecule has 1 heterocycles. The molecule has 0 amide bonds. The quantitative estimate of drug-likeness (QED) is 0.579. The Kier molecular flexibility index (Phi) is 5.91. The number of nitrogens with zero attached hydrogens (tertiary/aromatic N) is 1. The topological polar surface area (TPSA) is 48.4 Å². The van der Waals surface area contributed by atoms with Gasteiger partial charge in [0.25, 0.3) is 0 Å². The van der Waals surface area contributed by atoms with Gasteiger partial charge >= 0.3 is 5.97 Å². The highest BCUT2D eigenvalue weighted by atomic mass is 16.5. The van der Waals surface area contributed by atoms with Gasteiger partial charge in [-0.3, -0.25) is 4.98 Å². The molecule has 1 aromatic heterocycles. The Labute approximate surface area is 124 Å². The zero-order valence-electron chi connectivity index (χ0n) is 12.1. The fourth-order valence-corrected chi connectivity index (χ4v) is 1.97. The largest absolute Gasteiger partial charge is 0.465 e. The molecule has 0 fully saturated rings. The molecule has 0 aliphatic carbocycles. The van der Waals surface area contributed by atoms with E-state index in [1.807, 2.05) is 24.3 Å². The number of hydrogen-bond acceptors (Lipinski definition) is 4. The van der Waals surface area contributed by atoms with E-state index in [4.69, 9.17) is 4.74 Å². The number of methoxy groups -OCH3 is 1. The highest BCUT2D eigenvalue weighted by molar-refractivity contribution is 5.89. The van der Waals surface area contributed by atoms with E-state index < -0.39 is 0 Å². The highest BCUT2D eigenvalue weighted by Gasteiger charge is 2.04. The number of ether oxygens (including phenoxy) is 2. The molecule has 4 heteroatoms. The molecule has 0 unspecified atom stereocenters. The Morgan fingerprint density at radius 1 is 1.05 bits per heavy atom. The highest BCUT2D eigenvalue weighted by Crippen LogP contribution is 2.08. The minimum absolute atomic E-state index is 0.320. The van der Waals surface area contributed by atoms with Crippen LogP contribution in [0.5, 0.6) is 0 Å². The normalized spacial score (nSPS) is 10.3. The first-order chi connectivity index (χ1) is 10.3. The summed E-state index contributed by atoms with van der Waals surface area (Å²) < 4.78 is 10.3. The first-order valence-corrected chi connectivity index (χ1v) is 6.93. The Hall–Kier alpha value is -2.20. The van der Waals surface area contributed by atoms with Crippen molar-refractivity contribution < 1.29 is 14.3 Å². The number of aryl methyl sites for hydroxylation is 1. The number of rotatable bonds is 7. The lowest BCUT2D eigenvalue weighted by Crippen LogP contribution is -2.02. The van der Waals surface area contributed by atoms with Gasteiger partial charge in [0.05, 0.1) is 19.3 Å². The number of pyridine rings is 1. The lowest BCUT2D eigenvalue weighted by atomic mass is 10.1. The van der Waals surface area contributed by atoms with Crippen molar-refractivity contribution in [3.8, 4) is 0 Å². The zero-order chi connectivity index (χ0) is 14.9. The van der Waals surface area contributed by atoms with Gasteiger partial charge in [0.2, 0.25) is 0 Å². The first kappa shape index (κ1) is 15.2. The second-order valence-electron chi connectivity index (χ2n) is 4.70. The molecule has 0 spiro atoms. The van der Waals surface area contributed by atoms with Crippen LogP contribution in [0.4, 0.5) is 0 Å². The van der Waals surface area contributed by atoms with Crippen molar-refractivity contribution in [2.75, 3.05) is 13.7 Å². The van der Waals surface area contributed by atoms with Crippen LogP contribution < -0.4 is 0 Å². The van der Waals surface area contributed by atoms with Crippen LogP contribution in [-0.2, 0) is 22.5 Å². The number of hydrogen-bond donors (Lipinski definition) is 0. The molecule has 0 saturated heterocycles. The summed E-state index contributed by atoms with van der Waals surface area (Å²) in [6.45, 7) is 1.26. The molecular formula is C17H19NO3. The van der Waals surface area contributed by atoms with Gasteiger partial charge in [-0.2, -0.15) is 0 Å². The maximum atomic E-state index is 11.3. The van der Waals surface area contributed by atoms with Crippen LogP contribution in [0.1, 0.15) is 27.9 Å². The molecule has 0 aliphatic rings. The Bertz CT molecular complexity index is 552. The van der Waals surface area contributed by atoms with E-state index in [1.54, 1.807) is 24.5 Å². The van der Waals surface area contributed by atoms with Crippen molar-refractivity contribution in [1.82, 2.24) is 4.98 Å². The van der Waals surface area contributed by atoms with E-state index in [2.05, 4.69) is 9.72 Å². The first-order valence-electron chi connectivity index (χ1n) is 6.93. The lowest BCUT2D eigenvalue weighted by Gasteiger charge is -2.05. The maximum Gasteiger partial charge on any atom is 0.337 e. The molecule has 2 aromatic rings.